The minimum Gasteiger partial charge on any atom is -0.477 e. The van der Waals surface area contributed by atoms with Crippen molar-refractivity contribution in [3.05, 3.63) is 11.9 Å². The van der Waals surface area contributed by atoms with Gasteiger partial charge in [-0.2, -0.15) is 13.2 Å². The Hall–Kier alpha value is -1.53. The third-order valence-corrected chi connectivity index (χ3v) is 2.12. The topological polar surface area (TPSA) is 47.0 Å². The number of nitrogens with zero attached hydrogens (tertiary/aromatic N) is 2. The number of hydrogen-bond acceptors (Lipinski definition) is 4. The van der Waals surface area contributed by atoms with E-state index in [1.54, 1.807) is 14.0 Å². The Morgan fingerprint density at radius 1 is 1.35 bits per heavy atom. The van der Waals surface area contributed by atoms with Gasteiger partial charge in [-0.25, -0.2) is 9.97 Å². The number of rotatable bonds is 5. The van der Waals surface area contributed by atoms with Gasteiger partial charge in [0, 0.05) is 13.5 Å². The second-order valence-electron chi connectivity index (χ2n) is 3.47. The van der Waals surface area contributed by atoms with Crippen molar-refractivity contribution in [1.29, 1.82) is 0 Å². The Balaban J connectivity index is 2.47. The van der Waals surface area contributed by atoms with Crippen LogP contribution in [0.5, 0.6) is 5.88 Å². The fourth-order valence-electron chi connectivity index (χ4n) is 1.27. The molecule has 1 N–H and O–H groups in total. The highest BCUT2D eigenvalue weighted by Gasteiger charge is 2.26. The van der Waals surface area contributed by atoms with E-state index in [-0.39, 0.29) is 13.0 Å². The summed E-state index contributed by atoms with van der Waals surface area (Å²) >= 11 is 0. The van der Waals surface area contributed by atoms with E-state index >= 15 is 0 Å². The van der Waals surface area contributed by atoms with E-state index in [0.29, 0.717) is 17.3 Å². The Morgan fingerprint density at radius 3 is 2.65 bits per heavy atom. The first-order valence-corrected chi connectivity index (χ1v) is 5.13. The maximum Gasteiger partial charge on any atom is 0.389 e. The number of alkyl halides is 3. The first-order chi connectivity index (χ1) is 7.94. The van der Waals surface area contributed by atoms with E-state index in [0.717, 1.165) is 0 Å². The quantitative estimate of drug-likeness (QED) is 0.815. The van der Waals surface area contributed by atoms with Crippen LogP contribution in [0.4, 0.5) is 19.0 Å². The normalized spacial score (nSPS) is 11.4. The zero-order valence-electron chi connectivity index (χ0n) is 9.64. The zero-order chi connectivity index (χ0) is 12.9. The molecule has 0 aromatic carbocycles. The molecule has 0 radical (unpaired) electrons. The molecule has 4 nitrogen and oxygen atoms in total. The molecule has 0 aliphatic heterocycles. The molecule has 0 spiro atoms. The minimum absolute atomic E-state index is 0.0134. The number of aromatic nitrogens is 2. The molecule has 0 amide bonds. The van der Waals surface area contributed by atoms with Crippen molar-refractivity contribution in [3.63, 3.8) is 0 Å². The average molecular weight is 249 g/mol. The molecule has 1 aromatic rings. The van der Waals surface area contributed by atoms with Crippen LogP contribution in [0.3, 0.4) is 0 Å². The van der Waals surface area contributed by atoms with Crippen molar-refractivity contribution in [2.75, 3.05) is 19.0 Å². The summed E-state index contributed by atoms with van der Waals surface area (Å²) in [6.45, 7) is 1.73. The SMILES string of the molecule is CNc1ncnc(OCCCC(F)(F)F)c1C. The van der Waals surface area contributed by atoms with Crippen molar-refractivity contribution in [2.45, 2.75) is 25.9 Å². The maximum absolute atomic E-state index is 11.9. The second-order valence-corrected chi connectivity index (χ2v) is 3.47. The lowest BCUT2D eigenvalue weighted by Crippen LogP contribution is -2.10. The highest BCUT2D eigenvalue weighted by atomic mass is 19.4. The number of ether oxygens (including phenoxy) is 1. The molecule has 0 fully saturated rings. The predicted octanol–water partition coefficient (Wildman–Crippen LogP) is 2.55. The molecule has 0 bridgehead atoms. The van der Waals surface area contributed by atoms with Gasteiger partial charge in [0.2, 0.25) is 5.88 Å². The van der Waals surface area contributed by atoms with Gasteiger partial charge in [-0.15, -0.1) is 0 Å². The molecule has 1 rings (SSSR count). The summed E-state index contributed by atoms with van der Waals surface area (Å²) in [6.07, 6.45) is -3.77. The molecule has 96 valence electrons. The van der Waals surface area contributed by atoms with Gasteiger partial charge in [-0.3, -0.25) is 0 Å². The highest BCUT2D eigenvalue weighted by molar-refractivity contribution is 5.46. The van der Waals surface area contributed by atoms with Gasteiger partial charge in [0.15, 0.2) is 0 Å². The standard InChI is InChI=1S/C10H14F3N3O/c1-7-8(14-2)15-6-16-9(7)17-5-3-4-10(11,12)13/h6H,3-5H2,1-2H3,(H,14,15,16). The van der Waals surface area contributed by atoms with Crippen molar-refractivity contribution in [2.24, 2.45) is 0 Å². The molecule has 1 heterocycles. The summed E-state index contributed by atoms with van der Waals surface area (Å²) in [6, 6.07) is 0. The maximum atomic E-state index is 11.9. The van der Waals surface area contributed by atoms with Crippen molar-refractivity contribution >= 4 is 5.82 Å². The van der Waals surface area contributed by atoms with Crippen LogP contribution in [-0.4, -0.2) is 29.8 Å². The lowest BCUT2D eigenvalue weighted by molar-refractivity contribution is -0.136. The molecular weight excluding hydrogens is 235 g/mol. The molecular formula is C10H14F3N3O. The third kappa shape index (κ3) is 4.46. The van der Waals surface area contributed by atoms with Gasteiger partial charge in [-0.05, 0) is 13.3 Å². The second kappa shape index (κ2) is 5.70. The molecule has 0 aliphatic carbocycles. The van der Waals surface area contributed by atoms with Gasteiger partial charge in [-0.1, -0.05) is 0 Å². The van der Waals surface area contributed by atoms with Gasteiger partial charge in [0.05, 0.1) is 12.2 Å². The molecule has 0 aliphatic rings. The monoisotopic (exact) mass is 249 g/mol. The lowest BCUT2D eigenvalue weighted by atomic mass is 10.3. The summed E-state index contributed by atoms with van der Waals surface area (Å²) in [5.41, 5.74) is 0.682. The fraction of sp³-hybridized carbons (Fsp3) is 0.600. The summed E-state index contributed by atoms with van der Waals surface area (Å²) in [7, 11) is 1.70. The van der Waals surface area contributed by atoms with Crippen molar-refractivity contribution in [3.8, 4) is 5.88 Å². The zero-order valence-corrected chi connectivity index (χ0v) is 9.64. The van der Waals surface area contributed by atoms with Crippen LogP contribution in [0, 0.1) is 6.92 Å². The molecule has 0 unspecified atom stereocenters. The first-order valence-electron chi connectivity index (χ1n) is 5.13. The van der Waals surface area contributed by atoms with Gasteiger partial charge in [0.1, 0.15) is 12.1 Å². The fourth-order valence-corrected chi connectivity index (χ4v) is 1.27. The molecule has 0 saturated heterocycles. The number of hydrogen-bond donors (Lipinski definition) is 1. The van der Waals surface area contributed by atoms with Gasteiger partial charge in [0.25, 0.3) is 0 Å². The summed E-state index contributed by atoms with van der Waals surface area (Å²) < 4.78 is 40.8. The average Bonchev–Trinajstić information content (AvgIpc) is 2.25. The first kappa shape index (κ1) is 13.5. The lowest BCUT2D eigenvalue weighted by Gasteiger charge is -2.10. The van der Waals surface area contributed by atoms with Crippen molar-refractivity contribution in [1.82, 2.24) is 9.97 Å². The van der Waals surface area contributed by atoms with E-state index in [1.807, 2.05) is 0 Å². The van der Waals surface area contributed by atoms with Crippen LogP contribution in [0.1, 0.15) is 18.4 Å². The molecule has 7 heteroatoms. The number of halogens is 3. The van der Waals surface area contributed by atoms with Crippen LogP contribution in [0.25, 0.3) is 0 Å². The summed E-state index contributed by atoms with van der Waals surface area (Å²) in [4.78, 5) is 7.81. The van der Waals surface area contributed by atoms with E-state index < -0.39 is 12.6 Å². The summed E-state index contributed by atoms with van der Waals surface area (Å²) in [5, 5.41) is 2.84. The van der Waals surface area contributed by atoms with E-state index in [4.69, 9.17) is 4.74 Å². The van der Waals surface area contributed by atoms with Crippen LogP contribution in [0.2, 0.25) is 0 Å². The predicted molar refractivity (Wildman–Crippen MR) is 57.1 cm³/mol. The molecule has 0 saturated carbocycles. The Morgan fingerprint density at radius 2 is 2.06 bits per heavy atom. The smallest absolute Gasteiger partial charge is 0.389 e. The number of anilines is 1. The Kier molecular flexibility index (Phi) is 4.53. The number of nitrogens with one attached hydrogen (secondary N) is 1. The Labute approximate surface area is 97.2 Å². The Bertz CT molecular complexity index is 368. The summed E-state index contributed by atoms with van der Waals surface area (Å²) in [5.74, 6) is 0.914. The van der Waals surface area contributed by atoms with Crippen molar-refractivity contribution < 1.29 is 17.9 Å². The molecule has 1 aromatic heterocycles. The van der Waals surface area contributed by atoms with Crippen LogP contribution >= 0.6 is 0 Å². The van der Waals surface area contributed by atoms with Gasteiger partial charge >= 0.3 is 6.18 Å². The van der Waals surface area contributed by atoms with Crippen LogP contribution in [0.15, 0.2) is 6.33 Å². The molecule has 0 atom stereocenters. The van der Waals surface area contributed by atoms with E-state index in [1.165, 1.54) is 6.33 Å². The van der Waals surface area contributed by atoms with E-state index in [9.17, 15) is 13.2 Å². The largest absolute Gasteiger partial charge is 0.477 e. The van der Waals surface area contributed by atoms with Crippen LogP contribution < -0.4 is 10.1 Å². The molecule has 17 heavy (non-hydrogen) atoms. The van der Waals surface area contributed by atoms with E-state index in [2.05, 4.69) is 15.3 Å². The van der Waals surface area contributed by atoms with Crippen LogP contribution in [-0.2, 0) is 0 Å². The minimum atomic E-state index is -4.14. The van der Waals surface area contributed by atoms with Gasteiger partial charge < -0.3 is 10.1 Å². The third-order valence-electron chi connectivity index (χ3n) is 2.12. The highest BCUT2D eigenvalue weighted by Crippen LogP contribution is 2.23.